The summed E-state index contributed by atoms with van der Waals surface area (Å²) in [6.07, 6.45) is 0. The highest BCUT2D eigenvalue weighted by atomic mass is 35.5. The number of halogens is 2. The molecule has 2 aromatic rings. The van der Waals surface area contributed by atoms with Crippen LogP contribution in [0.3, 0.4) is 0 Å². The van der Waals surface area contributed by atoms with Crippen LogP contribution >= 0.6 is 11.6 Å². The number of hydrogen-bond acceptors (Lipinski definition) is 3. The minimum Gasteiger partial charge on any atom is -0.363 e. The molecule has 0 aliphatic heterocycles. The molecule has 1 heterocycles. The van der Waals surface area contributed by atoms with Gasteiger partial charge in [0.05, 0.1) is 0 Å². The zero-order chi connectivity index (χ0) is 14.0. The molecule has 100 valence electrons. The molecule has 5 heteroatoms. The smallest absolute Gasteiger partial charge is 0.137 e. The third-order valence-corrected chi connectivity index (χ3v) is 3.29. The van der Waals surface area contributed by atoms with Crippen molar-refractivity contribution in [2.45, 2.75) is 26.8 Å². The molecule has 2 rings (SSSR count). The number of aromatic nitrogens is 2. The Morgan fingerprint density at radius 3 is 2.42 bits per heavy atom. The van der Waals surface area contributed by atoms with E-state index in [1.165, 1.54) is 12.1 Å². The minimum atomic E-state index is -0.243. The van der Waals surface area contributed by atoms with Crippen LogP contribution in [0.2, 0.25) is 5.15 Å². The first-order valence-corrected chi connectivity index (χ1v) is 6.38. The highest BCUT2D eigenvalue weighted by Gasteiger charge is 2.11. The van der Waals surface area contributed by atoms with Gasteiger partial charge < -0.3 is 5.32 Å². The van der Waals surface area contributed by atoms with E-state index in [1.54, 1.807) is 19.1 Å². The Morgan fingerprint density at radius 1 is 1.16 bits per heavy atom. The van der Waals surface area contributed by atoms with Crippen LogP contribution in [0.25, 0.3) is 0 Å². The first kappa shape index (κ1) is 13.7. The maximum atomic E-state index is 12.9. The van der Waals surface area contributed by atoms with Gasteiger partial charge in [-0.2, -0.15) is 0 Å². The molecule has 1 atom stereocenters. The van der Waals surface area contributed by atoms with E-state index in [-0.39, 0.29) is 11.9 Å². The molecule has 1 aromatic heterocycles. The molecular formula is C14H15ClFN3. The van der Waals surface area contributed by atoms with E-state index < -0.39 is 0 Å². The summed E-state index contributed by atoms with van der Waals surface area (Å²) in [5.74, 6) is 1.08. The second-order valence-electron chi connectivity index (χ2n) is 4.45. The van der Waals surface area contributed by atoms with Crippen molar-refractivity contribution in [3.8, 4) is 0 Å². The zero-order valence-electron chi connectivity index (χ0n) is 11.0. The van der Waals surface area contributed by atoms with Gasteiger partial charge in [0.25, 0.3) is 0 Å². The van der Waals surface area contributed by atoms with Crippen LogP contribution in [-0.2, 0) is 0 Å². The number of nitrogens with one attached hydrogen (secondary N) is 1. The monoisotopic (exact) mass is 279 g/mol. The van der Waals surface area contributed by atoms with Crippen molar-refractivity contribution < 1.29 is 4.39 Å². The standard InChI is InChI=1S/C14H15ClFN3/c1-8-13(15)18-10(3)19-14(8)17-9(2)11-4-6-12(16)7-5-11/h4-7,9H,1-3H3,(H,17,18,19). The van der Waals surface area contributed by atoms with Crippen LogP contribution < -0.4 is 5.32 Å². The van der Waals surface area contributed by atoms with Gasteiger partial charge in [-0.3, -0.25) is 0 Å². The van der Waals surface area contributed by atoms with Gasteiger partial charge in [0.15, 0.2) is 0 Å². The van der Waals surface area contributed by atoms with Crippen LogP contribution in [-0.4, -0.2) is 9.97 Å². The van der Waals surface area contributed by atoms with Crippen molar-refractivity contribution in [2.75, 3.05) is 5.32 Å². The van der Waals surface area contributed by atoms with E-state index in [1.807, 2.05) is 13.8 Å². The molecule has 19 heavy (non-hydrogen) atoms. The predicted octanol–water partition coefficient (Wildman–Crippen LogP) is 4.06. The average Bonchev–Trinajstić information content (AvgIpc) is 2.36. The number of anilines is 1. The Kier molecular flexibility index (Phi) is 4.00. The summed E-state index contributed by atoms with van der Waals surface area (Å²) in [7, 11) is 0. The summed E-state index contributed by atoms with van der Waals surface area (Å²) in [6.45, 7) is 5.64. The fraction of sp³-hybridized carbons (Fsp3) is 0.286. The Labute approximate surface area is 116 Å². The largest absolute Gasteiger partial charge is 0.363 e. The van der Waals surface area contributed by atoms with E-state index in [2.05, 4.69) is 15.3 Å². The molecule has 0 spiro atoms. The number of hydrogen-bond donors (Lipinski definition) is 1. The van der Waals surface area contributed by atoms with Crippen molar-refractivity contribution in [3.63, 3.8) is 0 Å². The highest BCUT2D eigenvalue weighted by Crippen LogP contribution is 2.24. The summed E-state index contributed by atoms with van der Waals surface area (Å²) >= 11 is 6.03. The third-order valence-electron chi connectivity index (χ3n) is 2.92. The van der Waals surface area contributed by atoms with Crippen LogP contribution in [0.5, 0.6) is 0 Å². The molecule has 0 aliphatic rings. The second kappa shape index (κ2) is 5.53. The van der Waals surface area contributed by atoms with Crippen LogP contribution in [0.15, 0.2) is 24.3 Å². The van der Waals surface area contributed by atoms with Crippen LogP contribution in [0.1, 0.15) is 29.9 Å². The van der Waals surface area contributed by atoms with E-state index in [0.717, 1.165) is 11.1 Å². The lowest BCUT2D eigenvalue weighted by Gasteiger charge is -2.17. The number of rotatable bonds is 3. The summed E-state index contributed by atoms with van der Waals surface area (Å²) in [4.78, 5) is 8.43. The first-order chi connectivity index (χ1) is 8.97. The molecular weight excluding hydrogens is 265 g/mol. The van der Waals surface area contributed by atoms with E-state index in [4.69, 9.17) is 11.6 Å². The van der Waals surface area contributed by atoms with Crippen molar-refractivity contribution in [2.24, 2.45) is 0 Å². The fourth-order valence-electron chi connectivity index (χ4n) is 1.77. The lowest BCUT2D eigenvalue weighted by Crippen LogP contribution is -2.10. The summed E-state index contributed by atoms with van der Waals surface area (Å²) < 4.78 is 12.9. The second-order valence-corrected chi connectivity index (χ2v) is 4.81. The van der Waals surface area contributed by atoms with Crippen molar-refractivity contribution >= 4 is 17.4 Å². The number of aryl methyl sites for hydroxylation is 1. The Hall–Kier alpha value is -1.68. The lowest BCUT2D eigenvalue weighted by atomic mass is 10.1. The fourth-order valence-corrected chi connectivity index (χ4v) is 1.99. The van der Waals surface area contributed by atoms with Crippen LogP contribution in [0.4, 0.5) is 10.2 Å². The minimum absolute atomic E-state index is 0.00432. The van der Waals surface area contributed by atoms with Gasteiger partial charge in [0, 0.05) is 11.6 Å². The number of nitrogens with zero attached hydrogens (tertiary/aromatic N) is 2. The normalized spacial score (nSPS) is 12.3. The van der Waals surface area contributed by atoms with Gasteiger partial charge in [-0.1, -0.05) is 23.7 Å². The van der Waals surface area contributed by atoms with Gasteiger partial charge in [-0.05, 0) is 38.5 Å². The lowest BCUT2D eigenvalue weighted by molar-refractivity contribution is 0.626. The van der Waals surface area contributed by atoms with Crippen molar-refractivity contribution in [1.82, 2.24) is 9.97 Å². The maximum Gasteiger partial charge on any atom is 0.137 e. The van der Waals surface area contributed by atoms with Gasteiger partial charge >= 0.3 is 0 Å². The van der Waals surface area contributed by atoms with Gasteiger partial charge in [-0.15, -0.1) is 0 Å². The van der Waals surface area contributed by atoms with Gasteiger partial charge in [0.1, 0.15) is 22.6 Å². The highest BCUT2D eigenvalue weighted by molar-refractivity contribution is 6.30. The average molecular weight is 280 g/mol. The summed E-state index contributed by atoms with van der Waals surface area (Å²) in [5.41, 5.74) is 1.79. The predicted molar refractivity (Wildman–Crippen MR) is 75.0 cm³/mol. The topological polar surface area (TPSA) is 37.8 Å². The van der Waals surface area contributed by atoms with E-state index in [0.29, 0.717) is 16.8 Å². The van der Waals surface area contributed by atoms with Crippen molar-refractivity contribution in [3.05, 3.63) is 52.2 Å². The molecule has 0 radical (unpaired) electrons. The van der Waals surface area contributed by atoms with Gasteiger partial charge in [-0.25, -0.2) is 14.4 Å². The Morgan fingerprint density at radius 2 is 1.79 bits per heavy atom. The third kappa shape index (κ3) is 3.20. The Balaban J connectivity index is 2.23. The first-order valence-electron chi connectivity index (χ1n) is 6.00. The van der Waals surface area contributed by atoms with E-state index >= 15 is 0 Å². The molecule has 0 fully saturated rings. The quantitative estimate of drug-likeness (QED) is 0.861. The molecule has 3 nitrogen and oxygen atoms in total. The summed E-state index contributed by atoms with van der Waals surface area (Å²) in [5, 5.41) is 3.72. The maximum absolute atomic E-state index is 12.9. The molecule has 0 amide bonds. The molecule has 0 saturated heterocycles. The Bertz CT molecular complexity index is 584. The molecule has 1 N–H and O–H groups in total. The molecule has 0 bridgehead atoms. The molecule has 1 unspecified atom stereocenters. The SMILES string of the molecule is Cc1nc(Cl)c(C)c(NC(C)c2ccc(F)cc2)n1. The molecule has 0 aliphatic carbocycles. The molecule has 0 saturated carbocycles. The summed E-state index contributed by atoms with van der Waals surface area (Å²) in [6, 6.07) is 6.39. The van der Waals surface area contributed by atoms with E-state index in [9.17, 15) is 4.39 Å². The van der Waals surface area contributed by atoms with Crippen LogP contribution in [0, 0.1) is 19.7 Å². The molecule has 1 aromatic carbocycles. The van der Waals surface area contributed by atoms with Gasteiger partial charge in [0.2, 0.25) is 0 Å². The van der Waals surface area contributed by atoms with Crippen molar-refractivity contribution in [1.29, 1.82) is 0 Å². The zero-order valence-corrected chi connectivity index (χ0v) is 11.8. The number of benzene rings is 1.